The van der Waals surface area contributed by atoms with Gasteiger partial charge in [0.15, 0.2) is 34.9 Å². The number of hydrogen-bond donors (Lipinski definition) is 0. The van der Waals surface area contributed by atoms with Gasteiger partial charge in [0.1, 0.15) is 0 Å². The summed E-state index contributed by atoms with van der Waals surface area (Å²) in [7, 11) is 0. The maximum Gasteiger partial charge on any atom is 0.164 e. The van der Waals surface area contributed by atoms with Crippen LogP contribution in [0.15, 0.2) is 237 Å². The van der Waals surface area contributed by atoms with E-state index in [0.717, 1.165) is 77.9 Å². The van der Waals surface area contributed by atoms with Gasteiger partial charge in [0.05, 0.1) is 11.6 Å². The molecule has 0 fully saturated rings. The summed E-state index contributed by atoms with van der Waals surface area (Å²) in [6.45, 7) is 0. The lowest BCUT2D eigenvalue weighted by Gasteiger charge is -2.15. The van der Waals surface area contributed by atoms with Crippen molar-refractivity contribution >= 4 is 0 Å². The monoisotopic (exact) mass is 869 g/mol. The van der Waals surface area contributed by atoms with Crippen LogP contribution in [0.1, 0.15) is 5.56 Å². The number of benzene rings is 9. The van der Waals surface area contributed by atoms with Gasteiger partial charge in [-0.1, -0.05) is 200 Å². The minimum absolute atomic E-state index is 0.534. The van der Waals surface area contributed by atoms with Gasteiger partial charge in [0, 0.05) is 33.4 Å². The molecule has 0 N–H and O–H groups in total. The van der Waals surface area contributed by atoms with Gasteiger partial charge in [0.25, 0.3) is 0 Å². The molecule has 11 rings (SSSR count). The van der Waals surface area contributed by atoms with Crippen molar-refractivity contribution in [2.45, 2.75) is 0 Å². The summed E-state index contributed by atoms with van der Waals surface area (Å²) in [4.78, 5) is 30.9. The third-order valence-electron chi connectivity index (χ3n) is 11.8. The van der Waals surface area contributed by atoms with Gasteiger partial charge in [-0.15, -0.1) is 0 Å². The Morgan fingerprint density at radius 1 is 0.221 bits per heavy atom. The van der Waals surface area contributed by atoms with Gasteiger partial charge in [-0.3, -0.25) is 0 Å². The molecule has 0 aliphatic rings. The molecule has 0 aliphatic heterocycles. The minimum atomic E-state index is 0.534. The molecule has 2 heterocycles. The van der Waals surface area contributed by atoms with Crippen molar-refractivity contribution in [3.05, 3.63) is 242 Å². The van der Waals surface area contributed by atoms with Crippen LogP contribution >= 0.6 is 0 Å². The molecule has 0 saturated carbocycles. The third-order valence-corrected chi connectivity index (χ3v) is 11.8. The zero-order valence-corrected chi connectivity index (χ0v) is 36.6. The van der Waals surface area contributed by atoms with Crippen molar-refractivity contribution in [1.29, 1.82) is 5.26 Å². The molecule has 68 heavy (non-hydrogen) atoms. The molecule has 2 aromatic heterocycles. The van der Waals surface area contributed by atoms with E-state index in [1.165, 1.54) is 0 Å². The summed E-state index contributed by atoms with van der Waals surface area (Å²) in [5, 5.41) is 9.59. The fourth-order valence-corrected chi connectivity index (χ4v) is 8.45. The smallest absolute Gasteiger partial charge is 0.164 e. The standard InChI is InChI=1S/C61H39N7/c62-40-41-18-15-27-46(36-41)47-28-16-30-50(37-47)58-63-56(44-23-9-3-10-24-44)64-59(65-58)51-31-17-29-49(38-51)52-32-13-14-33-53(52)60-66-57(45-25-11-4-12-26-45)67-61(68-60)54-35-34-48(42-19-5-1-6-20-42)39-55(54)43-21-7-2-8-22-43/h1-39H. The van der Waals surface area contributed by atoms with Crippen LogP contribution in [0.4, 0.5) is 0 Å². The molecular formula is C61H39N7. The lowest BCUT2D eigenvalue weighted by atomic mass is 9.94. The lowest BCUT2D eigenvalue weighted by molar-refractivity contribution is 1.07. The number of nitriles is 1. The van der Waals surface area contributed by atoms with Crippen molar-refractivity contribution in [1.82, 2.24) is 29.9 Å². The summed E-state index contributed by atoms with van der Waals surface area (Å²) < 4.78 is 0. The number of rotatable bonds is 10. The Morgan fingerprint density at radius 2 is 0.588 bits per heavy atom. The zero-order chi connectivity index (χ0) is 45.7. The highest BCUT2D eigenvalue weighted by molar-refractivity contribution is 5.88. The normalized spacial score (nSPS) is 10.9. The van der Waals surface area contributed by atoms with Crippen LogP contribution in [-0.2, 0) is 0 Å². The van der Waals surface area contributed by atoms with E-state index in [9.17, 15) is 5.26 Å². The molecule has 0 aliphatic carbocycles. The Hall–Kier alpha value is -9.51. The molecule has 0 radical (unpaired) electrons. The summed E-state index contributed by atoms with van der Waals surface area (Å²) >= 11 is 0. The largest absolute Gasteiger partial charge is 0.208 e. The van der Waals surface area contributed by atoms with E-state index in [2.05, 4.69) is 103 Å². The van der Waals surface area contributed by atoms with Crippen LogP contribution in [0.2, 0.25) is 0 Å². The molecule has 318 valence electrons. The van der Waals surface area contributed by atoms with Gasteiger partial charge in [0.2, 0.25) is 0 Å². The first kappa shape index (κ1) is 41.2. The second kappa shape index (κ2) is 18.5. The molecule has 9 aromatic carbocycles. The van der Waals surface area contributed by atoms with Crippen molar-refractivity contribution in [2.75, 3.05) is 0 Å². The summed E-state index contributed by atoms with van der Waals surface area (Å²) in [5.74, 6) is 3.33. The van der Waals surface area contributed by atoms with Crippen LogP contribution in [0.5, 0.6) is 0 Å². The third kappa shape index (κ3) is 8.57. The second-order valence-electron chi connectivity index (χ2n) is 16.2. The summed E-state index contributed by atoms with van der Waals surface area (Å²) in [6, 6.07) is 81.8. The molecule has 0 spiro atoms. The maximum atomic E-state index is 9.59. The molecule has 0 atom stereocenters. The molecule has 11 aromatic rings. The van der Waals surface area contributed by atoms with Crippen LogP contribution in [0.3, 0.4) is 0 Å². The van der Waals surface area contributed by atoms with Gasteiger partial charge >= 0.3 is 0 Å². The Balaban J connectivity index is 1.04. The topological polar surface area (TPSA) is 101 Å². The number of nitrogens with zero attached hydrogens (tertiary/aromatic N) is 7. The highest BCUT2D eigenvalue weighted by atomic mass is 15.0. The summed E-state index contributed by atoms with van der Waals surface area (Å²) in [6.07, 6.45) is 0. The predicted molar refractivity (Wildman–Crippen MR) is 272 cm³/mol. The first-order valence-corrected chi connectivity index (χ1v) is 22.3. The van der Waals surface area contributed by atoms with E-state index in [1.807, 2.05) is 133 Å². The molecule has 7 nitrogen and oxygen atoms in total. The SMILES string of the molecule is N#Cc1cccc(-c2cccc(-c3nc(-c4ccccc4)nc(-c4cccc(-c5ccccc5-c5nc(-c6ccccc6)nc(-c6ccc(-c7ccccc7)cc6-c6ccccc6)n5)c4)n3)c2)c1. The average molecular weight is 870 g/mol. The lowest BCUT2D eigenvalue weighted by Crippen LogP contribution is -2.02. The van der Waals surface area contributed by atoms with Gasteiger partial charge in [-0.2, -0.15) is 5.26 Å². The average Bonchev–Trinajstić information content (AvgIpc) is 3.43. The van der Waals surface area contributed by atoms with Crippen LogP contribution in [0, 0.1) is 11.3 Å². The minimum Gasteiger partial charge on any atom is -0.208 e. The van der Waals surface area contributed by atoms with Gasteiger partial charge in [-0.05, 0) is 80.9 Å². The quantitative estimate of drug-likeness (QED) is 0.135. The predicted octanol–water partition coefficient (Wildman–Crippen LogP) is 14.6. The Bertz CT molecular complexity index is 3630. The highest BCUT2D eigenvalue weighted by Crippen LogP contribution is 2.38. The first-order valence-electron chi connectivity index (χ1n) is 22.3. The van der Waals surface area contributed by atoms with Gasteiger partial charge < -0.3 is 0 Å². The summed E-state index contributed by atoms with van der Waals surface area (Å²) in [5.41, 5.74) is 13.9. The van der Waals surface area contributed by atoms with E-state index in [-0.39, 0.29) is 0 Å². The van der Waals surface area contributed by atoms with Crippen molar-refractivity contribution < 1.29 is 0 Å². The van der Waals surface area contributed by atoms with Crippen LogP contribution in [-0.4, -0.2) is 29.9 Å². The molecular weight excluding hydrogens is 831 g/mol. The molecule has 0 saturated heterocycles. The van der Waals surface area contributed by atoms with E-state index in [4.69, 9.17) is 29.9 Å². The molecule has 0 unspecified atom stereocenters. The number of aromatic nitrogens is 6. The van der Waals surface area contributed by atoms with Gasteiger partial charge in [-0.25, -0.2) is 29.9 Å². The van der Waals surface area contributed by atoms with Crippen LogP contribution < -0.4 is 0 Å². The van der Waals surface area contributed by atoms with Crippen molar-refractivity contribution in [2.24, 2.45) is 0 Å². The highest BCUT2D eigenvalue weighted by Gasteiger charge is 2.20. The first-order chi connectivity index (χ1) is 33.6. The molecule has 0 amide bonds. The second-order valence-corrected chi connectivity index (χ2v) is 16.2. The Morgan fingerprint density at radius 3 is 1.16 bits per heavy atom. The van der Waals surface area contributed by atoms with Crippen molar-refractivity contribution in [3.63, 3.8) is 0 Å². The maximum absolute atomic E-state index is 9.59. The molecule has 0 bridgehead atoms. The van der Waals surface area contributed by atoms with E-state index >= 15 is 0 Å². The van der Waals surface area contributed by atoms with Crippen LogP contribution in [0.25, 0.3) is 113 Å². The van der Waals surface area contributed by atoms with E-state index < -0.39 is 0 Å². The fourth-order valence-electron chi connectivity index (χ4n) is 8.45. The Kier molecular flexibility index (Phi) is 11.2. The van der Waals surface area contributed by atoms with E-state index in [1.54, 1.807) is 6.07 Å². The van der Waals surface area contributed by atoms with E-state index in [0.29, 0.717) is 40.5 Å². The molecule has 7 heteroatoms. The number of hydrogen-bond acceptors (Lipinski definition) is 7. The fraction of sp³-hybridized carbons (Fsp3) is 0. The zero-order valence-electron chi connectivity index (χ0n) is 36.6. The van der Waals surface area contributed by atoms with Crippen molar-refractivity contribution in [3.8, 4) is 119 Å². The Labute approximate surface area is 394 Å².